The van der Waals surface area contributed by atoms with E-state index in [1.807, 2.05) is 0 Å². The van der Waals surface area contributed by atoms with Crippen LogP contribution in [0.5, 0.6) is 0 Å². The fraction of sp³-hybridized carbons (Fsp3) is 0. The summed E-state index contributed by atoms with van der Waals surface area (Å²) in [5.41, 5.74) is 1.18. The van der Waals surface area contributed by atoms with Gasteiger partial charge in [-0.2, -0.15) is 0 Å². The Morgan fingerprint density at radius 2 is 1.55 bits per heavy atom. The van der Waals surface area contributed by atoms with Gasteiger partial charge in [-0.3, -0.25) is 4.79 Å². The Kier molecular flexibility index (Phi) is 3.65. The molecular weight excluding hydrogens is 290 g/mol. The van der Waals surface area contributed by atoms with Crippen LogP contribution in [0.3, 0.4) is 0 Å². The van der Waals surface area contributed by atoms with Gasteiger partial charge in [0.2, 0.25) is 0 Å². The predicted molar refractivity (Wildman–Crippen MR) is 76.3 cm³/mol. The van der Waals surface area contributed by atoms with E-state index in [1.54, 1.807) is 0 Å². The zero-order valence-electron chi connectivity index (χ0n) is 11.2. The molecule has 0 aliphatic carbocycles. The van der Waals surface area contributed by atoms with Crippen molar-refractivity contribution in [3.05, 3.63) is 71.9 Å². The Bertz CT molecular complexity index is 796. The lowest BCUT2D eigenvalue weighted by Crippen LogP contribution is -2.12. The number of amides is 1. The zero-order valence-corrected chi connectivity index (χ0v) is 11.2. The van der Waals surface area contributed by atoms with E-state index in [4.69, 9.17) is 4.52 Å². The molecule has 0 saturated carbocycles. The van der Waals surface area contributed by atoms with E-state index in [2.05, 4.69) is 10.5 Å². The number of nitrogens with one attached hydrogen (secondary N) is 1. The largest absolute Gasteiger partial charge is 0.355 e. The summed E-state index contributed by atoms with van der Waals surface area (Å²) in [5.74, 6) is -0.998. The highest BCUT2D eigenvalue weighted by Gasteiger charge is 2.18. The first-order valence-electron chi connectivity index (χ1n) is 6.41. The summed E-state index contributed by atoms with van der Waals surface area (Å²) in [5, 5.41) is 6.22. The van der Waals surface area contributed by atoms with Crippen molar-refractivity contribution >= 4 is 11.6 Å². The SMILES string of the molecule is O=C(Nc1ccc(F)cc1)c1cnoc1-c1ccc(F)cc1. The molecule has 1 N–H and O–H groups in total. The van der Waals surface area contributed by atoms with Crippen molar-refractivity contribution in [1.29, 1.82) is 0 Å². The molecule has 0 unspecified atom stereocenters. The number of benzene rings is 2. The van der Waals surface area contributed by atoms with Crippen LogP contribution in [0.1, 0.15) is 10.4 Å². The van der Waals surface area contributed by atoms with Crippen LogP contribution in [-0.2, 0) is 0 Å². The molecule has 0 radical (unpaired) electrons. The van der Waals surface area contributed by atoms with E-state index in [-0.39, 0.29) is 17.1 Å². The lowest BCUT2D eigenvalue weighted by Gasteiger charge is -2.04. The van der Waals surface area contributed by atoms with Gasteiger partial charge in [-0.05, 0) is 48.5 Å². The summed E-state index contributed by atoms with van der Waals surface area (Å²) in [6.07, 6.45) is 1.28. The lowest BCUT2D eigenvalue weighted by molar-refractivity contribution is 0.102. The molecule has 0 spiro atoms. The van der Waals surface area contributed by atoms with Gasteiger partial charge >= 0.3 is 0 Å². The van der Waals surface area contributed by atoms with Crippen molar-refractivity contribution in [2.24, 2.45) is 0 Å². The standard InChI is InChI=1S/C16H10F2N2O2/c17-11-3-1-10(2-4-11)15-14(9-19-22-15)16(21)20-13-7-5-12(18)6-8-13/h1-9H,(H,20,21). The number of hydrogen-bond acceptors (Lipinski definition) is 3. The van der Waals surface area contributed by atoms with Crippen molar-refractivity contribution in [2.75, 3.05) is 5.32 Å². The van der Waals surface area contributed by atoms with E-state index in [0.29, 0.717) is 11.3 Å². The molecule has 2 aromatic carbocycles. The molecule has 3 aromatic rings. The average Bonchev–Trinajstić information content (AvgIpc) is 3.00. The summed E-state index contributed by atoms with van der Waals surface area (Å²) in [7, 11) is 0. The summed E-state index contributed by atoms with van der Waals surface area (Å²) in [4.78, 5) is 12.2. The van der Waals surface area contributed by atoms with Crippen molar-refractivity contribution < 1.29 is 18.1 Å². The molecule has 0 bridgehead atoms. The third-order valence-corrected chi connectivity index (χ3v) is 3.02. The van der Waals surface area contributed by atoms with Crippen LogP contribution in [0.4, 0.5) is 14.5 Å². The van der Waals surface area contributed by atoms with Gasteiger partial charge in [0, 0.05) is 11.3 Å². The molecule has 6 heteroatoms. The minimum absolute atomic E-state index is 0.205. The Morgan fingerprint density at radius 3 is 2.18 bits per heavy atom. The quantitative estimate of drug-likeness (QED) is 0.798. The van der Waals surface area contributed by atoms with Crippen LogP contribution in [0.2, 0.25) is 0 Å². The lowest BCUT2D eigenvalue weighted by atomic mass is 10.1. The monoisotopic (exact) mass is 300 g/mol. The van der Waals surface area contributed by atoms with Gasteiger partial charge < -0.3 is 9.84 Å². The van der Waals surface area contributed by atoms with Crippen LogP contribution in [0.25, 0.3) is 11.3 Å². The van der Waals surface area contributed by atoms with Gasteiger partial charge in [0.1, 0.15) is 17.2 Å². The zero-order chi connectivity index (χ0) is 15.5. The van der Waals surface area contributed by atoms with Gasteiger partial charge in [0.25, 0.3) is 5.91 Å². The van der Waals surface area contributed by atoms with E-state index < -0.39 is 11.7 Å². The average molecular weight is 300 g/mol. The van der Waals surface area contributed by atoms with Crippen LogP contribution in [0.15, 0.2) is 59.3 Å². The van der Waals surface area contributed by atoms with Crippen LogP contribution in [0, 0.1) is 11.6 Å². The second-order valence-corrected chi connectivity index (χ2v) is 4.54. The first-order valence-corrected chi connectivity index (χ1v) is 6.41. The number of nitrogens with zero attached hydrogens (tertiary/aromatic N) is 1. The van der Waals surface area contributed by atoms with Gasteiger partial charge in [-0.25, -0.2) is 8.78 Å². The second-order valence-electron chi connectivity index (χ2n) is 4.54. The molecule has 1 aromatic heterocycles. The number of aromatic nitrogens is 1. The van der Waals surface area contributed by atoms with Crippen LogP contribution >= 0.6 is 0 Å². The molecule has 110 valence electrons. The molecular formula is C16H10F2N2O2. The molecule has 4 nitrogen and oxygen atoms in total. The predicted octanol–water partition coefficient (Wildman–Crippen LogP) is 3.87. The Morgan fingerprint density at radius 1 is 0.955 bits per heavy atom. The fourth-order valence-corrected chi connectivity index (χ4v) is 1.94. The Hall–Kier alpha value is -3.02. The van der Waals surface area contributed by atoms with E-state index >= 15 is 0 Å². The smallest absolute Gasteiger partial charge is 0.261 e. The number of halogens is 2. The van der Waals surface area contributed by atoms with Crippen molar-refractivity contribution in [3.8, 4) is 11.3 Å². The first kappa shape index (κ1) is 13.9. The number of hydrogen-bond donors (Lipinski definition) is 1. The van der Waals surface area contributed by atoms with Gasteiger partial charge in [0.15, 0.2) is 5.76 Å². The summed E-state index contributed by atoms with van der Waals surface area (Å²) >= 11 is 0. The minimum Gasteiger partial charge on any atom is -0.355 e. The third-order valence-electron chi connectivity index (χ3n) is 3.02. The summed E-state index contributed by atoms with van der Waals surface area (Å²) < 4.78 is 30.9. The van der Waals surface area contributed by atoms with E-state index in [0.717, 1.165) is 0 Å². The molecule has 0 atom stereocenters. The number of rotatable bonds is 3. The van der Waals surface area contributed by atoms with Crippen molar-refractivity contribution in [1.82, 2.24) is 5.16 Å². The maximum Gasteiger partial charge on any atom is 0.261 e. The molecule has 0 aliphatic heterocycles. The molecule has 0 aliphatic rings. The topological polar surface area (TPSA) is 55.1 Å². The van der Waals surface area contributed by atoms with Crippen molar-refractivity contribution in [2.45, 2.75) is 0 Å². The molecule has 22 heavy (non-hydrogen) atoms. The van der Waals surface area contributed by atoms with Gasteiger partial charge in [-0.15, -0.1) is 0 Å². The normalized spacial score (nSPS) is 10.5. The highest BCUT2D eigenvalue weighted by atomic mass is 19.1. The fourth-order valence-electron chi connectivity index (χ4n) is 1.94. The molecule has 0 saturated heterocycles. The Labute approximate surface area is 124 Å². The van der Waals surface area contributed by atoms with Gasteiger partial charge in [0.05, 0.1) is 6.20 Å². The van der Waals surface area contributed by atoms with Crippen molar-refractivity contribution in [3.63, 3.8) is 0 Å². The summed E-state index contributed by atoms with van der Waals surface area (Å²) in [6.45, 7) is 0. The third kappa shape index (κ3) is 2.85. The minimum atomic E-state index is -0.452. The van der Waals surface area contributed by atoms with Crippen LogP contribution in [-0.4, -0.2) is 11.1 Å². The number of anilines is 1. The van der Waals surface area contributed by atoms with Crippen LogP contribution < -0.4 is 5.32 Å². The summed E-state index contributed by atoms with van der Waals surface area (Å²) in [6, 6.07) is 10.9. The molecule has 1 amide bonds. The molecule has 0 fully saturated rings. The maximum atomic E-state index is 13.0. The van der Waals surface area contributed by atoms with E-state index in [1.165, 1.54) is 54.7 Å². The Balaban J connectivity index is 1.86. The van der Waals surface area contributed by atoms with E-state index in [9.17, 15) is 13.6 Å². The second kappa shape index (κ2) is 5.77. The molecule has 1 heterocycles. The molecule has 3 rings (SSSR count). The maximum absolute atomic E-state index is 13.0. The number of carbonyl (C=O) groups excluding carboxylic acids is 1. The van der Waals surface area contributed by atoms with Gasteiger partial charge in [-0.1, -0.05) is 5.16 Å². The number of carbonyl (C=O) groups is 1. The highest BCUT2D eigenvalue weighted by Crippen LogP contribution is 2.24. The highest BCUT2D eigenvalue weighted by molar-refractivity contribution is 6.07. The first-order chi connectivity index (χ1) is 10.6.